The van der Waals surface area contributed by atoms with E-state index in [2.05, 4.69) is 10.6 Å². The van der Waals surface area contributed by atoms with Crippen molar-refractivity contribution in [2.45, 2.75) is 12.8 Å². The van der Waals surface area contributed by atoms with Gasteiger partial charge < -0.3 is 10.6 Å². The predicted molar refractivity (Wildman–Crippen MR) is 84.2 cm³/mol. The van der Waals surface area contributed by atoms with Crippen molar-refractivity contribution in [3.63, 3.8) is 0 Å². The lowest BCUT2D eigenvalue weighted by atomic mass is 10.1. The first-order valence-corrected chi connectivity index (χ1v) is 6.97. The molecule has 2 N–H and O–H groups in total. The summed E-state index contributed by atoms with van der Waals surface area (Å²) < 4.78 is 0. The third kappa shape index (κ3) is 3.34. The summed E-state index contributed by atoms with van der Waals surface area (Å²) in [6.45, 7) is 0. The molecule has 0 bridgehead atoms. The fraction of sp³-hybridized carbons (Fsp3) is 0.125. The van der Waals surface area contributed by atoms with Crippen molar-refractivity contribution in [1.29, 1.82) is 0 Å². The predicted octanol–water partition coefficient (Wildman–Crippen LogP) is 2.27. The summed E-state index contributed by atoms with van der Waals surface area (Å²) in [5.41, 5.74) is 2.91. The quantitative estimate of drug-likeness (QED) is 0.668. The summed E-state index contributed by atoms with van der Waals surface area (Å²) in [5.74, 6) is -0.287. The van der Waals surface area contributed by atoms with E-state index < -0.39 is 4.92 Å². The molecule has 2 aromatic rings. The van der Waals surface area contributed by atoms with Crippen molar-refractivity contribution in [2.24, 2.45) is 0 Å². The van der Waals surface area contributed by atoms with Crippen LogP contribution in [-0.2, 0) is 22.4 Å². The lowest BCUT2D eigenvalue weighted by Crippen LogP contribution is -2.14. The van der Waals surface area contributed by atoms with E-state index in [4.69, 9.17) is 0 Å². The molecule has 2 amide bonds. The molecule has 1 aliphatic rings. The smallest absolute Gasteiger partial charge is 0.269 e. The third-order valence-corrected chi connectivity index (χ3v) is 3.53. The molecule has 0 aromatic heterocycles. The van der Waals surface area contributed by atoms with Gasteiger partial charge >= 0.3 is 0 Å². The maximum atomic E-state index is 12.0. The van der Waals surface area contributed by atoms with Gasteiger partial charge in [0.1, 0.15) is 0 Å². The monoisotopic (exact) mass is 311 g/mol. The number of fused-ring (bicyclic) bond motifs is 1. The molecule has 23 heavy (non-hydrogen) atoms. The van der Waals surface area contributed by atoms with Gasteiger partial charge in [0.15, 0.2) is 0 Å². The number of nitro benzene ring substituents is 1. The Morgan fingerprint density at radius 2 is 1.96 bits per heavy atom. The zero-order valence-electron chi connectivity index (χ0n) is 12.0. The number of benzene rings is 2. The van der Waals surface area contributed by atoms with Gasteiger partial charge in [0.25, 0.3) is 5.69 Å². The minimum absolute atomic E-state index is 0.00931. The van der Waals surface area contributed by atoms with Gasteiger partial charge in [0, 0.05) is 23.5 Å². The van der Waals surface area contributed by atoms with Crippen LogP contribution in [0.2, 0.25) is 0 Å². The molecule has 0 atom stereocenters. The van der Waals surface area contributed by atoms with Gasteiger partial charge in [-0.25, -0.2) is 0 Å². The molecule has 1 heterocycles. The number of nitro groups is 1. The van der Waals surface area contributed by atoms with Gasteiger partial charge in [0.2, 0.25) is 11.8 Å². The molecule has 0 fully saturated rings. The molecule has 0 radical (unpaired) electrons. The Hall–Kier alpha value is -3.22. The van der Waals surface area contributed by atoms with E-state index in [1.54, 1.807) is 30.3 Å². The summed E-state index contributed by atoms with van der Waals surface area (Å²) in [6, 6.07) is 11.1. The van der Waals surface area contributed by atoms with Crippen LogP contribution in [0.1, 0.15) is 11.1 Å². The van der Waals surface area contributed by atoms with Gasteiger partial charge in [-0.15, -0.1) is 0 Å². The molecule has 0 spiro atoms. The third-order valence-electron chi connectivity index (χ3n) is 3.53. The van der Waals surface area contributed by atoms with Crippen LogP contribution in [0.3, 0.4) is 0 Å². The molecule has 7 nitrogen and oxygen atoms in total. The molecule has 0 saturated heterocycles. The Morgan fingerprint density at radius 1 is 1.22 bits per heavy atom. The highest BCUT2D eigenvalue weighted by Gasteiger charge is 2.18. The van der Waals surface area contributed by atoms with Crippen LogP contribution in [0, 0.1) is 10.1 Å². The van der Waals surface area contributed by atoms with Gasteiger partial charge in [0.05, 0.1) is 17.8 Å². The van der Waals surface area contributed by atoms with Crippen LogP contribution in [0.25, 0.3) is 0 Å². The fourth-order valence-corrected chi connectivity index (χ4v) is 2.43. The maximum absolute atomic E-state index is 12.0. The molecule has 3 rings (SSSR count). The van der Waals surface area contributed by atoms with Crippen molar-refractivity contribution in [1.82, 2.24) is 0 Å². The zero-order valence-corrected chi connectivity index (χ0v) is 12.0. The SMILES string of the molecule is O=C(Cc1ccc([N+](=O)[O-])cc1)Nc1ccc2c(c1)CC(=O)N2. The van der Waals surface area contributed by atoms with Crippen LogP contribution < -0.4 is 10.6 Å². The average Bonchev–Trinajstić information content (AvgIpc) is 2.87. The largest absolute Gasteiger partial charge is 0.326 e. The Bertz CT molecular complexity index is 799. The highest BCUT2D eigenvalue weighted by atomic mass is 16.6. The van der Waals surface area contributed by atoms with Crippen molar-refractivity contribution < 1.29 is 14.5 Å². The first-order valence-electron chi connectivity index (χ1n) is 6.97. The van der Waals surface area contributed by atoms with Gasteiger partial charge in [-0.1, -0.05) is 12.1 Å². The number of carbonyl (C=O) groups excluding carboxylic acids is 2. The number of anilines is 2. The number of amides is 2. The molecular weight excluding hydrogens is 298 g/mol. The summed E-state index contributed by atoms with van der Waals surface area (Å²) in [7, 11) is 0. The first-order chi connectivity index (χ1) is 11.0. The molecule has 116 valence electrons. The number of rotatable bonds is 4. The Balaban J connectivity index is 1.64. The van der Waals surface area contributed by atoms with Crippen LogP contribution in [0.15, 0.2) is 42.5 Å². The second kappa shape index (κ2) is 5.88. The summed E-state index contributed by atoms with van der Waals surface area (Å²) >= 11 is 0. The first kappa shape index (κ1) is 14.7. The highest BCUT2D eigenvalue weighted by Crippen LogP contribution is 2.26. The standard InChI is InChI=1S/C16H13N3O4/c20-15(7-10-1-4-13(5-2-10)19(22)23)17-12-3-6-14-11(8-12)9-16(21)18-14/h1-6,8H,7,9H2,(H,17,20)(H,18,21). The zero-order chi connectivity index (χ0) is 16.4. The molecule has 1 aliphatic heterocycles. The maximum Gasteiger partial charge on any atom is 0.269 e. The molecule has 0 unspecified atom stereocenters. The van der Waals surface area contributed by atoms with Crippen LogP contribution in [0.5, 0.6) is 0 Å². The summed E-state index contributed by atoms with van der Waals surface area (Å²) in [5, 5.41) is 16.1. The van der Waals surface area contributed by atoms with Gasteiger partial charge in [-0.05, 0) is 29.3 Å². The normalized spacial score (nSPS) is 12.4. The van der Waals surface area contributed by atoms with Gasteiger partial charge in [-0.2, -0.15) is 0 Å². The molecular formula is C16H13N3O4. The molecule has 7 heteroatoms. The molecule has 0 saturated carbocycles. The van der Waals surface area contributed by atoms with Gasteiger partial charge in [-0.3, -0.25) is 19.7 Å². The van der Waals surface area contributed by atoms with E-state index in [0.29, 0.717) is 17.7 Å². The highest BCUT2D eigenvalue weighted by molar-refractivity contribution is 6.00. The van der Waals surface area contributed by atoms with Crippen LogP contribution in [-0.4, -0.2) is 16.7 Å². The molecule has 2 aromatic carbocycles. The van der Waals surface area contributed by atoms with Crippen molar-refractivity contribution in [3.8, 4) is 0 Å². The van der Waals surface area contributed by atoms with E-state index in [1.165, 1.54) is 12.1 Å². The number of non-ortho nitro benzene ring substituents is 1. The second-order valence-electron chi connectivity index (χ2n) is 5.25. The number of hydrogen-bond acceptors (Lipinski definition) is 4. The second-order valence-corrected chi connectivity index (χ2v) is 5.25. The topological polar surface area (TPSA) is 101 Å². The summed E-state index contributed by atoms with van der Waals surface area (Å²) in [6.07, 6.45) is 0.424. The number of hydrogen-bond donors (Lipinski definition) is 2. The van der Waals surface area contributed by atoms with Crippen molar-refractivity contribution in [2.75, 3.05) is 10.6 Å². The Kier molecular flexibility index (Phi) is 3.76. The van der Waals surface area contributed by atoms with Crippen LogP contribution >= 0.6 is 0 Å². The van der Waals surface area contributed by atoms with Crippen molar-refractivity contribution in [3.05, 3.63) is 63.7 Å². The number of carbonyl (C=O) groups is 2. The minimum atomic E-state index is -0.482. The number of nitrogens with zero attached hydrogens (tertiary/aromatic N) is 1. The van der Waals surface area contributed by atoms with E-state index >= 15 is 0 Å². The van der Waals surface area contributed by atoms with E-state index in [9.17, 15) is 19.7 Å². The number of nitrogens with one attached hydrogen (secondary N) is 2. The lowest BCUT2D eigenvalue weighted by molar-refractivity contribution is -0.384. The van der Waals surface area contributed by atoms with Crippen molar-refractivity contribution >= 4 is 28.9 Å². The fourth-order valence-electron chi connectivity index (χ4n) is 2.43. The van der Waals surface area contributed by atoms with E-state index in [0.717, 1.165) is 11.3 Å². The van der Waals surface area contributed by atoms with E-state index in [-0.39, 0.29) is 23.9 Å². The van der Waals surface area contributed by atoms with E-state index in [1.807, 2.05) is 0 Å². The minimum Gasteiger partial charge on any atom is -0.326 e. The Morgan fingerprint density at radius 3 is 2.65 bits per heavy atom. The average molecular weight is 311 g/mol. The summed E-state index contributed by atoms with van der Waals surface area (Å²) in [4.78, 5) is 33.4. The lowest BCUT2D eigenvalue weighted by Gasteiger charge is -2.07. The van der Waals surface area contributed by atoms with Crippen LogP contribution in [0.4, 0.5) is 17.1 Å². The molecule has 0 aliphatic carbocycles. The Labute approximate surface area is 131 Å².